The van der Waals surface area contributed by atoms with Crippen molar-refractivity contribution in [3.05, 3.63) is 59.7 Å². The van der Waals surface area contributed by atoms with Gasteiger partial charge in [-0.2, -0.15) is 0 Å². The SMILES string of the molecule is CCNC(=NCc1ccccc1CO)NCCOc1ccc(OC)cc1.I. The van der Waals surface area contributed by atoms with Gasteiger partial charge in [0.05, 0.1) is 26.8 Å². The van der Waals surface area contributed by atoms with Crippen LogP contribution in [0.5, 0.6) is 11.5 Å². The van der Waals surface area contributed by atoms with Crippen molar-refractivity contribution in [2.75, 3.05) is 26.8 Å². The lowest BCUT2D eigenvalue weighted by Crippen LogP contribution is -2.39. The Morgan fingerprint density at radius 2 is 1.67 bits per heavy atom. The van der Waals surface area contributed by atoms with E-state index in [1.165, 1.54) is 0 Å². The number of guanidine groups is 1. The fourth-order valence-corrected chi connectivity index (χ4v) is 2.38. The lowest BCUT2D eigenvalue weighted by molar-refractivity contribution is 0.280. The van der Waals surface area contributed by atoms with Crippen LogP contribution in [0.25, 0.3) is 0 Å². The van der Waals surface area contributed by atoms with E-state index in [9.17, 15) is 5.11 Å². The van der Waals surface area contributed by atoms with Crippen LogP contribution < -0.4 is 20.1 Å². The number of aliphatic hydroxyl groups excluding tert-OH is 1. The maximum atomic E-state index is 9.40. The van der Waals surface area contributed by atoms with Crippen molar-refractivity contribution in [1.82, 2.24) is 10.6 Å². The summed E-state index contributed by atoms with van der Waals surface area (Å²) in [5.41, 5.74) is 1.91. The van der Waals surface area contributed by atoms with Crippen LogP contribution in [-0.4, -0.2) is 37.9 Å². The molecule has 0 fully saturated rings. The first kappa shape index (κ1) is 23.0. The summed E-state index contributed by atoms with van der Waals surface area (Å²) in [5, 5.41) is 15.9. The molecule has 3 N–H and O–H groups in total. The van der Waals surface area contributed by atoms with Crippen LogP contribution in [0.1, 0.15) is 18.1 Å². The molecule has 0 radical (unpaired) electrons. The Balaban J connectivity index is 0.00000364. The lowest BCUT2D eigenvalue weighted by atomic mass is 10.1. The minimum Gasteiger partial charge on any atom is -0.497 e. The van der Waals surface area contributed by atoms with E-state index in [-0.39, 0.29) is 30.6 Å². The zero-order valence-electron chi connectivity index (χ0n) is 15.8. The van der Waals surface area contributed by atoms with Gasteiger partial charge in [0.25, 0.3) is 0 Å². The molecule has 0 bridgehead atoms. The summed E-state index contributed by atoms with van der Waals surface area (Å²) < 4.78 is 10.8. The Morgan fingerprint density at radius 3 is 2.30 bits per heavy atom. The Kier molecular flexibility index (Phi) is 11.3. The number of benzene rings is 2. The predicted molar refractivity (Wildman–Crippen MR) is 119 cm³/mol. The molecule has 2 aromatic rings. The molecule has 27 heavy (non-hydrogen) atoms. The van der Waals surface area contributed by atoms with Gasteiger partial charge in [-0.15, -0.1) is 24.0 Å². The van der Waals surface area contributed by atoms with Crippen LogP contribution in [0, 0.1) is 0 Å². The van der Waals surface area contributed by atoms with Crippen LogP contribution in [-0.2, 0) is 13.2 Å². The fraction of sp³-hybridized carbons (Fsp3) is 0.350. The second kappa shape index (κ2) is 13.2. The van der Waals surface area contributed by atoms with E-state index in [2.05, 4.69) is 15.6 Å². The molecule has 0 heterocycles. The molecule has 0 spiro atoms. The van der Waals surface area contributed by atoms with Gasteiger partial charge in [0.15, 0.2) is 5.96 Å². The Bertz CT molecular complexity index is 693. The summed E-state index contributed by atoms with van der Waals surface area (Å²) in [4.78, 5) is 4.57. The molecule has 0 aliphatic heterocycles. The number of nitrogens with zero attached hydrogens (tertiary/aromatic N) is 1. The van der Waals surface area contributed by atoms with Crippen molar-refractivity contribution < 1.29 is 14.6 Å². The molecule has 6 nitrogen and oxygen atoms in total. The molecule has 0 aliphatic carbocycles. The summed E-state index contributed by atoms with van der Waals surface area (Å²) in [7, 11) is 1.64. The molecule has 148 valence electrons. The summed E-state index contributed by atoms with van der Waals surface area (Å²) in [6.45, 7) is 4.46. The molecule has 0 unspecified atom stereocenters. The van der Waals surface area contributed by atoms with E-state index in [1.54, 1.807) is 7.11 Å². The molecular weight excluding hydrogens is 457 g/mol. The van der Waals surface area contributed by atoms with Crippen molar-refractivity contribution in [3.8, 4) is 11.5 Å². The highest BCUT2D eigenvalue weighted by atomic mass is 127. The third-order valence-electron chi connectivity index (χ3n) is 3.76. The smallest absolute Gasteiger partial charge is 0.191 e. The van der Waals surface area contributed by atoms with Gasteiger partial charge in [0.2, 0.25) is 0 Å². The Labute approximate surface area is 178 Å². The minimum atomic E-state index is 0. The summed E-state index contributed by atoms with van der Waals surface area (Å²) in [6.07, 6.45) is 0. The average molecular weight is 485 g/mol. The third-order valence-corrected chi connectivity index (χ3v) is 3.76. The van der Waals surface area contributed by atoms with Gasteiger partial charge in [-0.3, -0.25) is 0 Å². The molecule has 0 aliphatic rings. The fourth-order valence-electron chi connectivity index (χ4n) is 2.38. The van der Waals surface area contributed by atoms with E-state index in [4.69, 9.17) is 9.47 Å². The quantitative estimate of drug-likeness (QED) is 0.221. The van der Waals surface area contributed by atoms with E-state index >= 15 is 0 Å². The second-order valence-electron chi connectivity index (χ2n) is 5.57. The van der Waals surface area contributed by atoms with Crippen LogP contribution in [0.2, 0.25) is 0 Å². The summed E-state index contributed by atoms with van der Waals surface area (Å²) in [6, 6.07) is 15.2. The number of nitrogens with one attached hydrogen (secondary N) is 2. The van der Waals surface area contributed by atoms with E-state index < -0.39 is 0 Å². The molecule has 0 saturated carbocycles. The Hall–Kier alpha value is -2.00. The molecule has 2 aromatic carbocycles. The normalized spacial score (nSPS) is 10.7. The molecule has 0 saturated heterocycles. The maximum absolute atomic E-state index is 9.40. The highest BCUT2D eigenvalue weighted by Crippen LogP contribution is 2.16. The van der Waals surface area contributed by atoms with E-state index in [1.807, 2.05) is 55.5 Å². The second-order valence-corrected chi connectivity index (χ2v) is 5.57. The highest BCUT2D eigenvalue weighted by molar-refractivity contribution is 14.0. The minimum absolute atomic E-state index is 0. The first-order valence-electron chi connectivity index (χ1n) is 8.73. The number of methoxy groups -OCH3 is 1. The molecular formula is C20H28IN3O3. The number of hydrogen-bond acceptors (Lipinski definition) is 4. The van der Waals surface area contributed by atoms with Crippen LogP contribution in [0.15, 0.2) is 53.5 Å². The largest absolute Gasteiger partial charge is 0.497 e. The van der Waals surface area contributed by atoms with Gasteiger partial charge in [-0.1, -0.05) is 24.3 Å². The first-order chi connectivity index (χ1) is 12.8. The van der Waals surface area contributed by atoms with Crippen LogP contribution in [0.3, 0.4) is 0 Å². The first-order valence-corrected chi connectivity index (χ1v) is 8.73. The van der Waals surface area contributed by atoms with Crippen molar-refractivity contribution >= 4 is 29.9 Å². The van der Waals surface area contributed by atoms with E-state index in [0.29, 0.717) is 19.7 Å². The number of hydrogen-bond donors (Lipinski definition) is 3. The summed E-state index contributed by atoms with van der Waals surface area (Å²) >= 11 is 0. The van der Waals surface area contributed by atoms with Gasteiger partial charge in [0, 0.05) is 6.54 Å². The predicted octanol–water partition coefficient (Wildman–Crippen LogP) is 2.94. The molecule has 7 heteroatoms. The number of aliphatic imine (C=N–C) groups is 1. The standard InChI is InChI=1S/C20H27N3O3.HI/c1-3-21-20(23-14-16-6-4-5-7-17(16)15-24)22-12-13-26-19-10-8-18(25-2)9-11-19;/h4-11,24H,3,12-15H2,1-2H3,(H2,21,22,23);1H. The van der Waals surface area contributed by atoms with Gasteiger partial charge >= 0.3 is 0 Å². The average Bonchev–Trinajstić information content (AvgIpc) is 2.69. The number of halogens is 1. The molecule has 0 atom stereocenters. The number of rotatable bonds is 9. The van der Waals surface area contributed by atoms with E-state index in [0.717, 1.165) is 35.1 Å². The van der Waals surface area contributed by atoms with Gasteiger partial charge < -0.3 is 25.2 Å². The molecule has 2 rings (SSSR count). The van der Waals surface area contributed by atoms with Crippen LogP contribution >= 0.6 is 24.0 Å². The summed E-state index contributed by atoms with van der Waals surface area (Å²) in [5.74, 6) is 2.32. The molecule has 0 amide bonds. The lowest BCUT2D eigenvalue weighted by Gasteiger charge is -2.13. The topological polar surface area (TPSA) is 75.1 Å². The number of aliphatic hydroxyl groups is 1. The van der Waals surface area contributed by atoms with Crippen molar-refractivity contribution in [3.63, 3.8) is 0 Å². The van der Waals surface area contributed by atoms with Crippen molar-refractivity contribution in [2.24, 2.45) is 4.99 Å². The zero-order chi connectivity index (χ0) is 18.6. The van der Waals surface area contributed by atoms with Crippen molar-refractivity contribution in [2.45, 2.75) is 20.1 Å². The monoisotopic (exact) mass is 485 g/mol. The zero-order valence-corrected chi connectivity index (χ0v) is 18.1. The molecule has 0 aromatic heterocycles. The van der Waals surface area contributed by atoms with Crippen molar-refractivity contribution in [1.29, 1.82) is 0 Å². The van der Waals surface area contributed by atoms with Gasteiger partial charge in [-0.05, 0) is 42.3 Å². The number of ether oxygens (including phenoxy) is 2. The highest BCUT2D eigenvalue weighted by Gasteiger charge is 2.02. The Morgan fingerprint density at radius 1 is 1.00 bits per heavy atom. The maximum Gasteiger partial charge on any atom is 0.191 e. The van der Waals surface area contributed by atoms with Gasteiger partial charge in [0.1, 0.15) is 18.1 Å². The van der Waals surface area contributed by atoms with Gasteiger partial charge in [-0.25, -0.2) is 4.99 Å². The third kappa shape index (κ3) is 8.04. The van der Waals surface area contributed by atoms with Crippen LogP contribution in [0.4, 0.5) is 0 Å².